The molecule has 0 radical (unpaired) electrons. The minimum absolute atomic E-state index is 0.0241. The van der Waals surface area contributed by atoms with Crippen molar-refractivity contribution in [3.05, 3.63) is 36.1 Å². The predicted molar refractivity (Wildman–Crippen MR) is 86.5 cm³/mol. The van der Waals surface area contributed by atoms with Crippen LogP contribution < -0.4 is 5.32 Å². The van der Waals surface area contributed by atoms with Gasteiger partial charge in [-0.1, -0.05) is 13.5 Å². The number of hydrogen-bond acceptors (Lipinski definition) is 4. The Balaban J connectivity index is 2.40. The number of carbonyl (C=O) groups is 1. The van der Waals surface area contributed by atoms with Gasteiger partial charge in [0.1, 0.15) is 0 Å². The molecular formula is C15H23N3OS. The predicted octanol–water partition coefficient (Wildman–Crippen LogP) is 3.20. The second-order valence-corrected chi connectivity index (χ2v) is 5.60. The van der Waals surface area contributed by atoms with Crippen LogP contribution in [0.1, 0.15) is 20.8 Å². The molecule has 0 aliphatic carbocycles. The standard InChI is InChI=1S/C15H23N3OS/c1-5-18(6-2)13(4)20-11-12(3)15(19)17-14-7-9-16-10-8-14/h7-10,12H,4-6,11H2,1-3H3,(H,16,17,19). The zero-order valence-electron chi connectivity index (χ0n) is 12.4. The van der Waals surface area contributed by atoms with Gasteiger partial charge in [0.15, 0.2) is 0 Å². The molecule has 4 nitrogen and oxygen atoms in total. The summed E-state index contributed by atoms with van der Waals surface area (Å²) >= 11 is 1.64. The summed E-state index contributed by atoms with van der Waals surface area (Å²) in [7, 11) is 0. The molecule has 110 valence electrons. The molecule has 0 saturated heterocycles. The smallest absolute Gasteiger partial charge is 0.228 e. The third-order valence-corrected chi connectivity index (χ3v) is 4.27. The van der Waals surface area contributed by atoms with E-state index in [4.69, 9.17) is 0 Å². The first-order valence-electron chi connectivity index (χ1n) is 6.86. The lowest BCUT2D eigenvalue weighted by molar-refractivity contribution is -0.118. The fourth-order valence-corrected chi connectivity index (χ4v) is 2.70. The van der Waals surface area contributed by atoms with Gasteiger partial charge in [-0.25, -0.2) is 0 Å². The Hall–Kier alpha value is -1.49. The van der Waals surface area contributed by atoms with Crippen LogP contribution in [0.2, 0.25) is 0 Å². The first-order valence-corrected chi connectivity index (χ1v) is 7.84. The largest absolute Gasteiger partial charge is 0.367 e. The van der Waals surface area contributed by atoms with Gasteiger partial charge < -0.3 is 10.2 Å². The summed E-state index contributed by atoms with van der Waals surface area (Å²) in [6.07, 6.45) is 3.33. The van der Waals surface area contributed by atoms with Crippen LogP contribution in [-0.4, -0.2) is 34.6 Å². The average Bonchev–Trinajstić information content (AvgIpc) is 2.47. The monoisotopic (exact) mass is 293 g/mol. The van der Waals surface area contributed by atoms with Gasteiger partial charge in [-0.05, 0) is 26.0 Å². The number of carbonyl (C=O) groups excluding carboxylic acids is 1. The molecule has 0 aromatic carbocycles. The van der Waals surface area contributed by atoms with Crippen LogP contribution in [0, 0.1) is 5.92 Å². The summed E-state index contributed by atoms with van der Waals surface area (Å²) in [6, 6.07) is 3.57. The van der Waals surface area contributed by atoms with Crippen LogP contribution in [0.15, 0.2) is 36.1 Å². The Labute approximate surface area is 125 Å². The van der Waals surface area contributed by atoms with Crippen molar-refractivity contribution in [1.29, 1.82) is 0 Å². The van der Waals surface area contributed by atoms with E-state index in [0.29, 0.717) is 0 Å². The van der Waals surface area contributed by atoms with Crippen LogP contribution in [-0.2, 0) is 4.79 Å². The Morgan fingerprint density at radius 1 is 1.40 bits per heavy atom. The number of aromatic nitrogens is 1. The maximum Gasteiger partial charge on any atom is 0.228 e. The van der Waals surface area contributed by atoms with Crippen LogP contribution in [0.25, 0.3) is 0 Å². The van der Waals surface area contributed by atoms with Crippen molar-refractivity contribution < 1.29 is 4.79 Å². The molecule has 1 amide bonds. The second-order valence-electron chi connectivity index (χ2n) is 4.50. The lowest BCUT2D eigenvalue weighted by Crippen LogP contribution is -2.24. The maximum atomic E-state index is 12.0. The number of hydrogen-bond donors (Lipinski definition) is 1. The van der Waals surface area contributed by atoms with Crippen molar-refractivity contribution >= 4 is 23.4 Å². The molecule has 0 aliphatic rings. The van der Waals surface area contributed by atoms with E-state index in [1.54, 1.807) is 36.3 Å². The summed E-state index contributed by atoms with van der Waals surface area (Å²) in [5.74, 6) is 0.684. The van der Waals surface area contributed by atoms with E-state index in [-0.39, 0.29) is 11.8 Å². The Bertz CT molecular complexity index is 432. The van der Waals surface area contributed by atoms with Crippen molar-refractivity contribution in [2.24, 2.45) is 5.92 Å². The zero-order chi connectivity index (χ0) is 15.0. The van der Waals surface area contributed by atoms with Crippen LogP contribution in [0.3, 0.4) is 0 Å². The first kappa shape index (κ1) is 16.6. The minimum atomic E-state index is -0.0690. The SMILES string of the molecule is C=C(SCC(C)C(=O)Nc1ccncc1)N(CC)CC. The van der Waals surface area contributed by atoms with E-state index in [0.717, 1.165) is 29.6 Å². The number of thioether (sulfide) groups is 1. The summed E-state index contributed by atoms with van der Waals surface area (Å²) in [5.41, 5.74) is 0.782. The molecule has 1 aromatic rings. The number of nitrogens with one attached hydrogen (secondary N) is 1. The molecule has 0 spiro atoms. The normalized spacial score (nSPS) is 11.8. The quantitative estimate of drug-likeness (QED) is 0.799. The number of nitrogens with zero attached hydrogens (tertiary/aromatic N) is 2. The van der Waals surface area contributed by atoms with Crippen LogP contribution in [0.5, 0.6) is 0 Å². The molecule has 0 saturated carbocycles. The van der Waals surface area contributed by atoms with Gasteiger partial charge in [0.2, 0.25) is 5.91 Å². The third kappa shape index (κ3) is 5.25. The highest BCUT2D eigenvalue weighted by molar-refractivity contribution is 8.03. The molecule has 20 heavy (non-hydrogen) atoms. The molecule has 0 bridgehead atoms. The molecular weight excluding hydrogens is 270 g/mol. The number of amides is 1. The van der Waals surface area contributed by atoms with Gasteiger partial charge in [-0.15, -0.1) is 11.8 Å². The van der Waals surface area contributed by atoms with E-state index in [1.165, 1.54) is 0 Å². The Kier molecular flexibility index (Phi) is 7.15. The summed E-state index contributed by atoms with van der Waals surface area (Å²) < 4.78 is 0. The van der Waals surface area contributed by atoms with E-state index in [1.807, 2.05) is 6.92 Å². The fraction of sp³-hybridized carbons (Fsp3) is 0.467. The average molecular weight is 293 g/mol. The highest BCUT2D eigenvalue weighted by Gasteiger charge is 2.14. The molecule has 1 unspecified atom stereocenters. The molecule has 1 heterocycles. The van der Waals surface area contributed by atoms with Gasteiger partial charge in [0, 0.05) is 42.8 Å². The van der Waals surface area contributed by atoms with E-state index < -0.39 is 0 Å². The highest BCUT2D eigenvalue weighted by Crippen LogP contribution is 2.21. The van der Waals surface area contributed by atoms with Crippen molar-refractivity contribution in [1.82, 2.24) is 9.88 Å². The lowest BCUT2D eigenvalue weighted by atomic mass is 10.2. The van der Waals surface area contributed by atoms with Crippen molar-refractivity contribution in [2.45, 2.75) is 20.8 Å². The molecule has 1 N–H and O–H groups in total. The van der Waals surface area contributed by atoms with Crippen molar-refractivity contribution in [3.8, 4) is 0 Å². The van der Waals surface area contributed by atoms with Crippen LogP contribution in [0.4, 0.5) is 5.69 Å². The molecule has 1 aromatic heterocycles. The highest BCUT2D eigenvalue weighted by atomic mass is 32.2. The topological polar surface area (TPSA) is 45.2 Å². The van der Waals surface area contributed by atoms with Gasteiger partial charge in [0.05, 0.1) is 5.03 Å². The fourth-order valence-electron chi connectivity index (χ4n) is 1.67. The van der Waals surface area contributed by atoms with E-state index in [9.17, 15) is 4.79 Å². The van der Waals surface area contributed by atoms with E-state index >= 15 is 0 Å². The van der Waals surface area contributed by atoms with Gasteiger partial charge in [0.25, 0.3) is 0 Å². The minimum Gasteiger partial charge on any atom is -0.367 e. The molecule has 5 heteroatoms. The number of pyridine rings is 1. The molecule has 1 rings (SSSR count). The maximum absolute atomic E-state index is 12.0. The molecule has 0 fully saturated rings. The van der Waals surface area contributed by atoms with Crippen molar-refractivity contribution in [2.75, 3.05) is 24.2 Å². The second kappa shape index (κ2) is 8.64. The molecule has 0 aliphatic heterocycles. The van der Waals surface area contributed by atoms with E-state index in [2.05, 4.69) is 35.6 Å². The summed E-state index contributed by atoms with van der Waals surface area (Å²) in [5, 5.41) is 3.91. The van der Waals surface area contributed by atoms with Crippen molar-refractivity contribution in [3.63, 3.8) is 0 Å². The van der Waals surface area contributed by atoms with Crippen LogP contribution >= 0.6 is 11.8 Å². The third-order valence-electron chi connectivity index (χ3n) is 3.01. The Morgan fingerprint density at radius 3 is 2.55 bits per heavy atom. The van der Waals surface area contributed by atoms with Gasteiger partial charge in [-0.2, -0.15) is 0 Å². The first-order chi connectivity index (χ1) is 9.58. The molecule has 1 atom stereocenters. The lowest BCUT2D eigenvalue weighted by Gasteiger charge is -2.23. The summed E-state index contributed by atoms with van der Waals surface area (Å²) in [4.78, 5) is 18.2. The summed E-state index contributed by atoms with van der Waals surface area (Å²) in [6.45, 7) is 12.1. The zero-order valence-corrected chi connectivity index (χ0v) is 13.2. The number of anilines is 1. The van der Waals surface area contributed by atoms with Gasteiger partial charge in [-0.3, -0.25) is 9.78 Å². The Morgan fingerprint density at radius 2 is 2.00 bits per heavy atom. The van der Waals surface area contributed by atoms with Gasteiger partial charge >= 0.3 is 0 Å². The number of rotatable bonds is 8.